The second-order valence-electron chi connectivity index (χ2n) is 4.05. The minimum atomic E-state index is -0.00196. The van der Waals surface area contributed by atoms with E-state index in [1.165, 1.54) is 0 Å². The summed E-state index contributed by atoms with van der Waals surface area (Å²) in [7, 11) is 0. The van der Waals surface area contributed by atoms with E-state index in [2.05, 4.69) is 20.9 Å². The molecule has 88 valence electrons. The number of halogens is 1. The van der Waals surface area contributed by atoms with E-state index in [9.17, 15) is 4.79 Å². The van der Waals surface area contributed by atoms with Crippen LogP contribution in [0.3, 0.4) is 0 Å². The predicted molar refractivity (Wildman–Crippen MR) is 77.7 cm³/mol. The van der Waals surface area contributed by atoms with E-state index in [-0.39, 0.29) is 5.43 Å². The Labute approximate surface area is 112 Å². The molecular formula is C15H10BrNO. The van der Waals surface area contributed by atoms with Crippen LogP contribution < -0.4 is 5.43 Å². The summed E-state index contributed by atoms with van der Waals surface area (Å²) in [6.07, 6.45) is 0. The van der Waals surface area contributed by atoms with Crippen molar-refractivity contribution in [3.63, 3.8) is 0 Å². The van der Waals surface area contributed by atoms with Gasteiger partial charge in [-0.25, -0.2) is 0 Å². The molecule has 0 spiro atoms. The molecule has 18 heavy (non-hydrogen) atoms. The first kappa shape index (κ1) is 11.2. The van der Waals surface area contributed by atoms with Crippen molar-refractivity contribution in [2.45, 2.75) is 0 Å². The lowest BCUT2D eigenvalue weighted by atomic mass is 10.1. The summed E-state index contributed by atoms with van der Waals surface area (Å²) in [4.78, 5) is 15.0. The zero-order chi connectivity index (χ0) is 12.5. The van der Waals surface area contributed by atoms with E-state index in [0.717, 1.165) is 21.1 Å². The van der Waals surface area contributed by atoms with Crippen molar-refractivity contribution in [1.82, 2.24) is 4.98 Å². The molecule has 2 aromatic carbocycles. The van der Waals surface area contributed by atoms with E-state index in [1.807, 2.05) is 42.5 Å². The molecule has 1 aromatic heterocycles. The second-order valence-corrected chi connectivity index (χ2v) is 4.84. The first-order chi connectivity index (χ1) is 8.77. The highest BCUT2D eigenvalue weighted by molar-refractivity contribution is 9.10. The van der Waals surface area contributed by atoms with Crippen LogP contribution in [0.25, 0.3) is 22.0 Å². The van der Waals surface area contributed by atoms with E-state index >= 15 is 0 Å². The van der Waals surface area contributed by atoms with Crippen LogP contribution in [0.1, 0.15) is 0 Å². The molecule has 0 unspecified atom stereocenters. The number of nitrogens with one attached hydrogen (secondary N) is 1. The van der Waals surface area contributed by atoms with Crippen LogP contribution in [0, 0.1) is 0 Å². The number of hydrogen-bond donors (Lipinski definition) is 1. The fourth-order valence-corrected chi connectivity index (χ4v) is 2.75. The average molecular weight is 300 g/mol. The molecule has 1 heterocycles. The molecule has 0 aliphatic heterocycles. The van der Waals surface area contributed by atoms with Crippen molar-refractivity contribution in [2.75, 3.05) is 0 Å². The van der Waals surface area contributed by atoms with Crippen LogP contribution in [-0.2, 0) is 0 Å². The first-order valence-corrected chi connectivity index (χ1v) is 6.42. The summed E-state index contributed by atoms with van der Waals surface area (Å²) in [5.41, 5.74) is 2.74. The van der Waals surface area contributed by atoms with Gasteiger partial charge in [-0.2, -0.15) is 0 Å². The molecule has 0 aliphatic rings. The molecule has 0 atom stereocenters. The standard InChI is InChI=1S/C15H10BrNO/c16-15-13(10-6-2-1-3-7-10)11-8-4-5-9-12(18)14(11)17-15/h1-9,17H. The van der Waals surface area contributed by atoms with Crippen molar-refractivity contribution in [3.05, 3.63) is 69.4 Å². The predicted octanol–water partition coefficient (Wildman–Crippen LogP) is 3.96. The summed E-state index contributed by atoms with van der Waals surface area (Å²) in [5.74, 6) is 0. The summed E-state index contributed by atoms with van der Waals surface area (Å²) >= 11 is 3.50. The molecule has 0 amide bonds. The Morgan fingerprint density at radius 1 is 0.889 bits per heavy atom. The summed E-state index contributed by atoms with van der Waals surface area (Å²) in [6, 6.07) is 17.2. The largest absolute Gasteiger partial charge is 0.346 e. The fraction of sp³-hybridized carbons (Fsp3) is 0. The molecule has 0 fully saturated rings. The first-order valence-electron chi connectivity index (χ1n) is 5.63. The number of rotatable bonds is 1. The van der Waals surface area contributed by atoms with E-state index in [0.29, 0.717) is 5.52 Å². The van der Waals surface area contributed by atoms with Gasteiger partial charge in [0.2, 0.25) is 5.43 Å². The maximum Gasteiger partial charge on any atom is 0.202 e. The molecule has 2 nitrogen and oxygen atoms in total. The molecule has 3 heteroatoms. The van der Waals surface area contributed by atoms with Crippen LogP contribution >= 0.6 is 15.9 Å². The average Bonchev–Trinajstić information content (AvgIpc) is 2.62. The van der Waals surface area contributed by atoms with Gasteiger partial charge >= 0.3 is 0 Å². The molecule has 0 bridgehead atoms. The fourth-order valence-electron chi connectivity index (χ4n) is 2.11. The van der Waals surface area contributed by atoms with Gasteiger partial charge in [0.15, 0.2) is 0 Å². The van der Waals surface area contributed by atoms with E-state index in [1.54, 1.807) is 12.1 Å². The highest BCUT2D eigenvalue weighted by Gasteiger charge is 2.11. The quantitative estimate of drug-likeness (QED) is 0.725. The molecule has 3 aromatic rings. The Kier molecular flexibility index (Phi) is 2.76. The number of aromatic nitrogens is 1. The lowest BCUT2D eigenvalue weighted by Gasteiger charge is -1.99. The molecule has 0 radical (unpaired) electrons. The van der Waals surface area contributed by atoms with Gasteiger partial charge in [0, 0.05) is 10.9 Å². The van der Waals surface area contributed by atoms with Crippen molar-refractivity contribution in [3.8, 4) is 11.1 Å². The van der Waals surface area contributed by atoms with Gasteiger partial charge in [-0.3, -0.25) is 4.79 Å². The zero-order valence-corrected chi connectivity index (χ0v) is 11.1. The maximum absolute atomic E-state index is 11.9. The van der Waals surface area contributed by atoms with Crippen molar-refractivity contribution >= 4 is 26.8 Å². The Morgan fingerprint density at radius 3 is 2.33 bits per heavy atom. The van der Waals surface area contributed by atoms with Gasteiger partial charge in [0.25, 0.3) is 0 Å². The molecule has 0 saturated carbocycles. The highest BCUT2D eigenvalue weighted by Crippen LogP contribution is 2.33. The Bertz CT molecular complexity index is 762. The lowest BCUT2D eigenvalue weighted by Crippen LogP contribution is -1.93. The lowest BCUT2D eigenvalue weighted by molar-refractivity contribution is 1.40. The van der Waals surface area contributed by atoms with Crippen LogP contribution in [0.5, 0.6) is 0 Å². The van der Waals surface area contributed by atoms with Gasteiger partial charge in [-0.15, -0.1) is 0 Å². The monoisotopic (exact) mass is 299 g/mol. The van der Waals surface area contributed by atoms with Gasteiger partial charge < -0.3 is 4.98 Å². The third-order valence-corrected chi connectivity index (χ3v) is 3.52. The topological polar surface area (TPSA) is 32.9 Å². The molecule has 3 rings (SSSR count). The smallest absolute Gasteiger partial charge is 0.202 e. The minimum absolute atomic E-state index is 0.00196. The third-order valence-electron chi connectivity index (χ3n) is 2.92. The molecule has 1 N–H and O–H groups in total. The van der Waals surface area contributed by atoms with Gasteiger partial charge in [-0.1, -0.05) is 48.5 Å². The second kappa shape index (κ2) is 4.42. The Hall–Kier alpha value is -1.87. The maximum atomic E-state index is 11.9. The van der Waals surface area contributed by atoms with Crippen LogP contribution in [0.4, 0.5) is 0 Å². The van der Waals surface area contributed by atoms with Crippen molar-refractivity contribution in [2.24, 2.45) is 0 Å². The number of aromatic amines is 1. The van der Waals surface area contributed by atoms with Gasteiger partial charge in [0.1, 0.15) is 0 Å². The van der Waals surface area contributed by atoms with Crippen LogP contribution in [0.2, 0.25) is 0 Å². The van der Waals surface area contributed by atoms with Crippen LogP contribution in [-0.4, -0.2) is 4.98 Å². The SMILES string of the molecule is O=c1ccccc2c(-c3ccccc3)c(Br)[nH]c12. The normalized spacial score (nSPS) is 10.7. The molecule has 0 aliphatic carbocycles. The Morgan fingerprint density at radius 2 is 1.56 bits per heavy atom. The summed E-state index contributed by atoms with van der Waals surface area (Å²) in [6.45, 7) is 0. The number of benzene rings is 1. The summed E-state index contributed by atoms with van der Waals surface area (Å²) in [5, 5.41) is 0.933. The third kappa shape index (κ3) is 1.77. The number of H-pyrrole nitrogens is 1. The highest BCUT2D eigenvalue weighted by atomic mass is 79.9. The van der Waals surface area contributed by atoms with Gasteiger partial charge in [-0.05, 0) is 27.6 Å². The van der Waals surface area contributed by atoms with E-state index < -0.39 is 0 Å². The van der Waals surface area contributed by atoms with Gasteiger partial charge in [0.05, 0.1) is 10.1 Å². The van der Waals surface area contributed by atoms with Crippen molar-refractivity contribution < 1.29 is 0 Å². The minimum Gasteiger partial charge on any atom is -0.346 e. The number of hydrogen-bond acceptors (Lipinski definition) is 1. The van der Waals surface area contributed by atoms with Crippen LogP contribution in [0.15, 0.2) is 64.0 Å². The Balaban J connectivity index is 2.45. The summed E-state index contributed by atoms with van der Waals surface area (Å²) < 4.78 is 0.840. The van der Waals surface area contributed by atoms with E-state index in [4.69, 9.17) is 0 Å². The molecular weight excluding hydrogens is 290 g/mol. The van der Waals surface area contributed by atoms with Crippen molar-refractivity contribution in [1.29, 1.82) is 0 Å². The molecule has 0 saturated heterocycles. The zero-order valence-electron chi connectivity index (χ0n) is 9.48. The number of fused-ring (bicyclic) bond motifs is 1.